The monoisotopic (exact) mass is 282 g/mol. The number of hydrogen-bond donors (Lipinski definition) is 2. The number of likely N-dealkylation sites (N-methyl/N-ethyl adjacent to an activating group) is 1. The number of benzene rings is 1. The number of carbonyl (C=O) groups excluding carboxylic acids is 1. The van der Waals surface area contributed by atoms with E-state index in [1.165, 1.54) is 6.07 Å². The molecule has 0 aliphatic heterocycles. The first-order valence-corrected chi connectivity index (χ1v) is 4.97. The Morgan fingerprint density at radius 3 is 2.44 bits per heavy atom. The molecule has 0 aliphatic rings. The number of amides is 1. The van der Waals surface area contributed by atoms with Crippen LogP contribution in [0.2, 0.25) is 0 Å². The Bertz CT molecular complexity index is 421. The van der Waals surface area contributed by atoms with Gasteiger partial charge in [0.1, 0.15) is 0 Å². The summed E-state index contributed by atoms with van der Waals surface area (Å²) in [6.45, 7) is 1.69. The molecule has 0 atom stereocenters. The van der Waals surface area contributed by atoms with Crippen molar-refractivity contribution in [1.29, 1.82) is 0 Å². The Labute approximate surface area is 109 Å². The molecule has 1 aromatic rings. The number of carbonyl (C=O) groups is 1. The van der Waals surface area contributed by atoms with Crippen molar-refractivity contribution in [3.63, 3.8) is 0 Å². The average Bonchev–Trinajstić information content (AvgIpc) is 2.20. The summed E-state index contributed by atoms with van der Waals surface area (Å²) in [7, 11) is 1.58. The standard InChI is InChI=1S/C11H13F3N2O.ClH/c1-7-3-4-8(11(12,13)14)5-9(7)16-10(17)6-15-2;/h3-5,15H,6H2,1-2H3,(H,16,17);1H. The van der Waals surface area contributed by atoms with Crippen LogP contribution < -0.4 is 10.6 Å². The van der Waals surface area contributed by atoms with Crippen LogP contribution in [0.4, 0.5) is 18.9 Å². The van der Waals surface area contributed by atoms with Crippen LogP contribution in [0.5, 0.6) is 0 Å². The van der Waals surface area contributed by atoms with Crippen LogP contribution in [0, 0.1) is 6.92 Å². The number of rotatable bonds is 3. The number of anilines is 1. The number of alkyl halides is 3. The van der Waals surface area contributed by atoms with Gasteiger partial charge in [0, 0.05) is 5.69 Å². The van der Waals surface area contributed by atoms with Gasteiger partial charge >= 0.3 is 6.18 Å². The van der Waals surface area contributed by atoms with Crippen molar-refractivity contribution in [2.24, 2.45) is 0 Å². The number of halogens is 4. The normalized spacial score (nSPS) is 10.7. The van der Waals surface area contributed by atoms with Crippen molar-refractivity contribution in [1.82, 2.24) is 5.32 Å². The predicted molar refractivity (Wildman–Crippen MR) is 66.0 cm³/mol. The fourth-order valence-corrected chi connectivity index (χ4v) is 1.29. The highest BCUT2D eigenvalue weighted by Gasteiger charge is 2.30. The molecule has 0 heterocycles. The van der Waals surface area contributed by atoms with Gasteiger partial charge in [0.2, 0.25) is 5.91 Å². The van der Waals surface area contributed by atoms with E-state index in [4.69, 9.17) is 0 Å². The summed E-state index contributed by atoms with van der Waals surface area (Å²) < 4.78 is 37.4. The summed E-state index contributed by atoms with van der Waals surface area (Å²) in [5, 5.41) is 5.04. The molecule has 1 amide bonds. The lowest BCUT2D eigenvalue weighted by Gasteiger charge is -2.12. The van der Waals surface area contributed by atoms with Crippen molar-refractivity contribution in [3.05, 3.63) is 29.3 Å². The molecule has 1 aromatic carbocycles. The van der Waals surface area contributed by atoms with Crippen molar-refractivity contribution in [2.45, 2.75) is 13.1 Å². The van der Waals surface area contributed by atoms with Gasteiger partial charge < -0.3 is 10.6 Å². The Morgan fingerprint density at radius 2 is 1.94 bits per heavy atom. The van der Waals surface area contributed by atoms with Crippen LogP contribution >= 0.6 is 12.4 Å². The Morgan fingerprint density at radius 1 is 1.33 bits per heavy atom. The van der Waals surface area contributed by atoms with Gasteiger partial charge in [-0.1, -0.05) is 6.07 Å². The minimum atomic E-state index is -4.41. The average molecular weight is 283 g/mol. The Kier molecular flexibility index (Phi) is 6.14. The molecular weight excluding hydrogens is 269 g/mol. The lowest BCUT2D eigenvalue weighted by molar-refractivity contribution is -0.137. The first kappa shape index (κ1) is 16.7. The Balaban J connectivity index is 0.00000289. The van der Waals surface area contributed by atoms with Gasteiger partial charge in [-0.15, -0.1) is 12.4 Å². The molecule has 0 fully saturated rings. The van der Waals surface area contributed by atoms with E-state index in [0.29, 0.717) is 5.56 Å². The lowest BCUT2D eigenvalue weighted by atomic mass is 10.1. The van der Waals surface area contributed by atoms with Crippen LogP contribution in [-0.2, 0) is 11.0 Å². The predicted octanol–water partition coefficient (Wildman–Crippen LogP) is 2.59. The zero-order chi connectivity index (χ0) is 13.1. The lowest BCUT2D eigenvalue weighted by Crippen LogP contribution is -2.25. The summed E-state index contributed by atoms with van der Waals surface area (Å²) >= 11 is 0. The molecule has 0 saturated carbocycles. The minimum absolute atomic E-state index is 0. The van der Waals surface area contributed by atoms with Gasteiger partial charge in [-0.3, -0.25) is 4.79 Å². The van der Waals surface area contributed by atoms with Crippen molar-refractivity contribution in [3.8, 4) is 0 Å². The highest BCUT2D eigenvalue weighted by Crippen LogP contribution is 2.31. The van der Waals surface area contributed by atoms with Gasteiger partial charge in [-0.05, 0) is 31.7 Å². The van der Waals surface area contributed by atoms with E-state index in [9.17, 15) is 18.0 Å². The molecule has 2 N–H and O–H groups in total. The molecule has 7 heteroatoms. The van der Waals surface area contributed by atoms with E-state index >= 15 is 0 Å². The van der Waals surface area contributed by atoms with E-state index in [-0.39, 0.29) is 30.5 Å². The zero-order valence-electron chi connectivity index (χ0n) is 9.89. The van der Waals surface area contributed by atoms with Crippen LogP contribution in [0.15, 0.2) is 18.2 Å². The zero-order valence-corrected chi connectivity index (χ0v) is 10.7. The molecule has 0 aliphatic carbocycles. The number of hydrogen-bond acceptors (Lipinski definition) is 2. The van der Waals surface area contributed by atoms with Gasteiger partial charge in [-0.25, -0.2) is 0 Å². The maximum absolute atomic E-state index is 12.5. The highest BCUT2D eigenvalue weighted by atomic mass is 35.5. The van der Waals surface area contributed by atoms with Crippen molar-refractivity contribution < 1.29 is 18.0 Å². The molecule has 3 nitrogen and oxygen atoms in total. The van der Waals surface area contributed by atoms with Crippen LogP contribution in [0.25, 0.3) is 0 Å². The van der Waals surface area contributed by atoms with Crippen LogP contribution in [-0.4, -0.2) is 19.5 Å². The van der Waals surface area contributed by atoms with Gasteiger partial charge in [-0.2, -0.15) is 13.2 Å². The molecule has 0 aromatic heterocycles. The van der Waals surface area contributed by atoms with Crippen molar-refractivity contribution >= 4 is 24.0 Å². The van der Waals surface area contributed by atoms with E-state index in [0.717, 1.165) is 12.1 Å². The second kappa shape index (κ2) is 6.61. The minimum Gasteiger partial charge on any atom is -0.325 e. The number of aryl methyl sites for hydroxylation is 1. The molecule has 0 unspecified atom stereocenters. The summed E-state index contributed by atoms with van der Waals surface area (Å²) in [6.07, 6.45) is -4.41. The Hall–Kier alpha value is -1.27. The molecule has 102 valence electrons. The summed E-state index contributed by atoms with van der Waals surface area (Å²) in [5.41, 5.74) is -0.00890. The fourth-order valence-electron chi connectivity index (χ4n) is 1.29. The van der Waals surface area contributed by atoms with Gasteiger partial charge in [0.05, 0.1) is 12.1 Å². The third-order valence-corrected chi connectivity index (χ3v) is 2.18. The fraction of sp³-hybridized carbons (Fsp3) is 0.364. The van der Waals surface area contributed by atoms with Crippen LogP contribution in [0.1, 0.15) is 11.1 Å². The second-order valence-corrected chi connectivity index (χ2v) is 3.61. The van der Waals surface area contributed by atoms with Gasteiger partial charge in [0.25, 0.3) is 0 Å². The second-order valence-electron chi connectivity index (χ2n) is 3.61. The van der Waals surface area contributed by atoms with Crippen molar-refractivity contribution in [2.75, 3.05) is 18.9 Å². The van der Waals surface area contributed by atoms with Crippen LogP contribution in [0.3, 0.4) is 0 Å². The molecule has 0 radical (unpaired) electrons. The van der Waals surface area contributed by atoms with E-state index in [1.807, 2.05) is 0 Å². The smallest absolute Gasteiger partial charge is 0.325 e. The SMILES string of the molecule is CNCC(=O)Nc1cc(C(F)(F)F)ccc1C.Cl. The highest BCUT2D eigenvalue weighted by molar-refractivity contribution is 5.93. The van der Waals surface area contributed by atoms with E-state index in [2.05, 4.69) is 10.6 Å². The first-order valence-electron chi connectivity index (χ1n) is 4.97. The first-order chi connectivity index (χ1) is 7.84. The molecule has 0 spiro atoms. The summed E-state index contributed by atoms with van der Waals surface area (Å²) in [6, 6.07) is 3.25. The topological polar surface area (TPSA) is 41.1 Å². The number of nitrogens with one attached hydrogen (secondary N) is 2. The van der Waals surface area contributed by atoms with E-state index in [1.54, 1.807) is 14.0 Å². The molecular formula is C11H14ClF3N2O. The third-order valence-electron chi connectivity index (χ3n) is 2.18. The molecule has 0 bridgehead atoms. The summed E-state index contributed by atoms with van der Waals surface area (Å²) in [5.74, 6) is -0.380. The molecule has 0 saturated heterocycles. The third kappa shape index (κ3) is 4.54. The molecule has 18 heavy (non-hydrogen) atoms. The largest absolute Gasteiger partial charge is 0.416 e. The van der Waals surface area contributed by atoms with E-state index < -0.39 is 11.7 Å². The summed E-state index contributed by atoms with van der Waals surface area (Å²) in [4.78, 5) is 11.3. The van der Waals surface area contributed by atoms with Gasteiger partial charge in [0.15, 0.2) is 0 Å². The maximum atomic E-state index is 12.5. The quantitative estimate of drug-likeness (QED) is 0.895. The molecule has 1 rings (SSSR count). The maximum Gasteiger partial charge on any atom is 0.416 e.